The molecule has 0 aromatic heterocycles. The summed E-state index contributed by atoms with van der Waals surface area (Å²) >= 11 is 0. The fourth-order valence-corrected chi connectivity index (χ4v) is 2.93. The van der Waals surface area contributed by atoms with Crippen LogP contribution in [0.15, 0.2) is 12.1 Å². The maximum Gasteiger partial charge on any atom is 0.393 e. The summed E-state index contributed by atoms with van der Waals surface area (Å²) in [4.78, 5) is 0. The molecule has 1 aromatic carbocycles. The number of aryl methyl sites for hydroxylation is 2. The van der Waals surface area contributed by atoms with Gasteiger partial charge in [0, 0.05) is 6.04 Å². The van der Waals surface area contributed by atoms with E-state index in [1.807, 2.05) is 26.0 Å². The molecule has 0 saturated carbocycles. The highest BCUT2D eigenvalue weighted by Crippen LogP contribution is 2.42. The second-order valence-corrected chi connectivity index (χ2v) is 5.40. The number of piperidine rings is 1. The minimum atomic E-state index is -4.17. The summed E-state index contributed by atoms with van der Waals surface area (Å²) in [5, 5.41) is 3.04. The summed E-state index contributed by atoms with van der Waals surface area (Å²) in [5.41, 5.74) is 2.42. The Labute approximate surface area is 117 Å². The Morgan fingerprint density at radius 1 is 1.20 bits per heavy atom. The molecule has 1 aliphatic heterocycles. The van der Waals surface area contributed by atoms with E-state index in [1.54, 1.807) is 7.11 Å². The molecule has 0 radical (unpaired) electrons. The number of ether oxygens (including phenoxy) is 1. The van der Waals surface area contributed by atoms with E-state index < -0.39 is 18.1 Å². The topological polar surface area (TPSA) is 21.3 Å². The lowest BCUT2D eigenvalue weighted by atomic mass is 9.83. The Morgan fingerprint density at radius 3 is 2.50 bits per heavy atom. The van der Waals surface area contributed by atoms with Crippen LogP contribution in [0, 0.1) is 19.8 Å². The first-order valence-electron chi connectivity index (χ1n) is 6.80. The third-order valence-corrected chi connectivity index (χ3v) is 4.00. The summed E-state index contributed by atoms with van der Waals surface area (Å²) < 4.78 is 44.8. The molecule has 0 aliphatic carbocycles. The van der Waals surface area contributed by atoms with Gasteiger partial charge < -0.3 is 10.1 Å². The molecule has 2 nitrogen and oxygen atoms in total. The van der Waals surface area contributed by atoms with Crippen LogP contribution in [0.1, 0.15) is 35.6 Å². The van der Waals surface area contributed by atoms with Crippen LogP contribution in [-0.4, -0.2) is 19.8 Å². The monoisotopic (exact) mass is 287 g/mol. The third kappa shape index (κ3) is 2.92. The predicted octanol–water partition coefficient (Wildman–Crippen LogP) is 3.92. The number of benzene rings is 1. The van der Waals surface area contributed by atoms with Crippen LogP contribution < -0.4 is 10.1 Å². The summed E-state index contributed by atoms with van der Waals surface area (Å²) in [6.07, 6.45) is -3.42. The van der Waals surface area contributed by atoms with Crippen molar-refractivity contribution in [1.82, 2.24) is 5.32 Å². The van der Waals surface area contributed by atoms with Gasteiger partial charge >= 0.3 is 6.18 Å². The minimum absolute atomic E-state index is 0.186. The number of halogens is 3. The van der Waals surface area contributed by atoms with Gasteiger partial charge in [0.2, 0.25) is 0 Å². The average Bonchev–Trinajstić information content (AvgIpc) is 2.40. The molecule has 2 rings (SSSR count). The van der Waals surface area contributed by atoms with E-state index in [0.717, 1.165) is 16.7 Å². The maximum atomic E-state index is 13.2. The summed E-state index contributed by atoms with van der Waals surface area (Å²) in [6, 6.07) is 2.97. The Bertz CT molecular complexity index is 485. The second kappa shape index (κ2) is 5.64. The van der Waals surface area contributed by atoms with E-state index in [2.05, 4.69) is 5.32 Å². The molecule has 1 aliphatic rings. The summed E-state index contributed by atoms with van der Waals surface area (Å²) in [5.74, 6) is -0.603. The first-order valence-corrected chi connectivity index (χ1v) is 6.80. The zero-order valence-electron chi connectivity index (χ0n) is 12.0. The van der Waals surface area contributed by atoms with Crippen LogP contribution >= 0.6 is 0 Å². The standard InChI is InChI=1S/C15H20F3NO/c1-9-8-13(20-3)10(2)7-11(9)14-12(15(16,17)18)5-4-6-19-14/h7-8,12,14,19H,4-6H2,1-3H3. The van der Waals surface area contributed by atoms with Gasteiger partial charge in [-0.3, -0.25) is 0 Å². The zero-order valence-corrected chi connectivity index (χ0v) is 12.0. The van der Waals surface area contributed by atoms with Gasteiger partial charge in [0.1, 0.15) is 5.75 Å². The van der Waals surface area contributed by atoms with E-state index in [0.29, 0.717) is 18.7 Å². The molecule has 5 heteroatoms. The van der Waals surface area contributed by atoms with Crippen LogP contribution in [0.4, 0.5) is 13.2 Å². The molecule has 20 heavy (non-hydrogen) atoms. The lowest BCUT2D eigenvalue weighted by molar-refractivity contribution is -0.189. The van der Waals surface area contributed by atoms with E-state index in [9.17, 15) is 13.2 Å². The fourth-order valence-electron chi connectivity index (χ4n) is 2.93. The summed E-state index contributed by atoms with van der Waals surface area (Å²) in [7, 11) is 1.57. The highest BCUT2D eigenvalue weighted by Gasteiger charge is 2.46. The third-order valence-electron chi connectivity index (χ3n) is 4.00. The number of nitrogens with one attached hydrogen (secondary N) is 1. The molecule has 1 saturated heterocycles. The van der Waals surface area contributed by atoms with Crippen molar-refractivity contribution in [2.45, 2.75) is 38.9 Å². The number of hydrogen-bond acceptors (Lipinski definition) is 2. The molecule has 0 spiro atoms. The maximum absolute atomic E-state index is 13.2. The average molecular weight is 287 g/mol. The first-order chi connectivity index (χ1) is 9.34. The Hall–Kier alpha value is -1.23. The Morgan fingerprint density at radius 2 is 1.90 bits per heavy atom. The number of alkyl halides is 3. The first kappa shape index (κ1) is 15.2. The Balaban J connectivity index is 2.40. The van der Waals surface area contributed by atoms with Gasteiger partial charge in [-0.15, -0.1) is 0 Å². The van der Waals surface area contributed by atoms with Crippen molar-refractivity contribution in [3.63, 3.8) is 0 Å². The van der Waals surface area contributed by atoms with Crippen LogP contribution in [0.2, 0.25) is 0 Å². The predicted molar refractivity (Wildman–Crippen MR) is 72.0 cm³/mol. The highest BCUT2D eigenvalue weighted by molar-refractivity contribution is 5.43. The van der Waals surface area contributed by atoms with Gasteiger partial charge in [0.15, 0.2) is 0 Å². The van der Waals surface area contributed by atoms with Gasteiger partial charge in [-0.05, 0) is 56.0 Å². The van der Waals surface area contributed by atoms with Gasteiger partial charge in [0.25, 0.3) is 0 Å². The van der Waals surface area contributed by atoms with Crippen LogP contribution in [0.25, 0.3) is 0 Å². The van der Waals surface area contributed by atoms with Gasteiger partial charge in [0.05, 0.1) is 13.0 Å². The van der Waals surface area contributed by atoms with E-state index in [4.69, 9.17) is 4.74 Å². The minimum Gasteiger partial charge on any atom is -0.496 e. The zero-order chi connectivity index (χ0) is 14.9. The van der Waals surface area contributed by atoms with Gasteiger partial charge in [-0.1, -0.05) is 6.07 Å². The van der Waals surface area contributed by atoms with E-state index in [1.165, 1.54) is 0 Å². The molecule has 1 fully saturated rings. The molecule has 2 unspecified atom stereocenters. The number of rotatable bonds is 2. The van der Waals surface area contributed by atoms with Crippen molar-refractivity contribution in [1.29, 1.82) is 0 Å². The lowest BCUT2D eigenvalue weighted by Gasteiger charge is -2.35. The van der Waals surface area contributed by atoms with Gasteiger partial charge in [-0.25, -0.2) is 0 Å². The van der Waals surface area contributed by atoms with Crippen molar-refractivity contribution in [2.24, 2.45) is 5.92 Å². The van der Waals surface area contributed by atoms with Crippen molar-refractivity contribution < 1.29 is 17.9 Å². The second-order valence-electron chi connectivity index (χ2n) is 5.40. The summed E-state index contributed by atoms with van der Waals surface area (Å²) in [6.45, 7) is 4.32. The smallest absolute Gasteiger partial charge is 0.393 e. The normalized spacial score (nSPS) is 23.7. The van der Waals surface area contributed by atoms with Crippen LogP contribution in [0.5, 0.6) is 5.75 Å². The highest BCUT2D eigenvalue weighted by atomic mass is 19.4. The molecule has 1 N–H and O–H groups in total. The molecule has 0 bridgehead atoms. The molecule has 1 aromatic rings. The van der Waals surface area contributed by atoms with Crippen molar-refractivity contribution in [2.75, 3.05) is 13.7 Å². The molecular formula is C15H20F3NO. The van der Waals surface area contributed by atoms with E-state index >= 15 is 0 Å². The molecular weight excluding hydrogens is 267 g/mol. The molecule has 112 valence electrons. The van der Waals surface area contributed by atoms with Crippen LogP contribution in [0.3, 0.4) is 0 Å². The largest absolute Gasteiger partial charge is 0.496 e. The molecule has 2 atom stereocenters. The SMILES string of the molecule is COc1cc(C)c(C2NCCCC2C(F)(F)F)cc1C. The van der Waals surface area contributed by atoms with Crippen molar-refractivity contribution in [3.8, 4) is 5.75 Å². The molecule has 1 heterocycles. The lowest BCUT2D eigenvalue weighted by Crippen LogP contribution is -2.41. The van der Waals surface area contributed by atoms with Crippen molar-refractivity contribution in [3.05, 3.63) is 28.8 Å². The quantitative estimate of drug-likeness (QED) is 0.890. The molecule has 0 amide bonds. The Kier molecular flexibility index (Phi) is 4.28. The van der Waals surface area contributed by atoms with Crippen LogP contribution in [-0.2, 0) is 0 Å². The number of hydrogen-bond donors (Lipinski definition) is 1. The van der Waals surface area contributed by atoms with E-state index in [-0.39, 0.29) is 6.42 Å². The fraction of sp³-hybridized carbons (Fsp3) is 0.600. The van der Waals surface area contributed by atoms with Gasteiger partial charge in [-0.2, -0.15) is 13.2 Å². The van der Waals surface area contributed by atoms with Crippen molar-refractivity contribution >= 4 is 0 Å². The number of methoxy groups -OCH3 is 1.